The van der Waals surface area contributed by atoms with Crippen molar-refractivity contribution in [3.63, 3.8) is 0 Å². The maximum absolute atomic E-state index is 12.3. The highest BCUT2D eigenvalue weighted by Gasteiger charge is 2.08. The van der Waals surface area contributed by atoms with Gasteiger partial charge in [-0.2, -0.15) is 0 Å². The second-order valence-corrected chi connectivity index (χ2v) is 6.56. The lowest BCUT2D eigenvalue weighted by Crippen LogP contribution is -2.20. The van der Waals surface area contributed by atoms with E-state index in [1.165, 1.54) is 10.8 Å². The molecule has 0 aliphatic heterocycles. The van der Waals surface area contributed by atoms with E-state index in [1.807, 2.05) is 12.1 Å². The van der Waals surface area contributed by atoms with Crippen molar-refractivity contribution < 1.29 is 19.4 Å². The zero-order valence-corrected chi connectivity index (χ0v) is 16.4. The smallest absolute Gasteiger partial charge is 0.411 e. The molecule has 3 aromatic rings. The van der Waals surface area contributed by atoms with Gasteiger partial charge in [0.05, 0.1) is 31.5 Å². The first-order valence-corrected chi connectivity index (χ1v) is 9.35. The van der Waals surface area contributed by atoms with Crippen LogP contribution in [0.4, 0.5) is 10.5 Å². The number of carboxylic acids is 1. The number of hydrogen-bond acceptors (Lipinski definition) is 5. The first kappa shape index (κ1) is 20.8. The fraction of sp³-hybridized carbons (Fsp3) is 0.182. The highest BCUT2D eigenvalue weighted by molar-refractivity contribution is 5.84. The third kappa shape index (κ3) is 5.54. The minimum absolute atomic E-state index is 0.0895. The summed E-state index contributed by atoms with van der Waals surface area (Å²) >= 11 is 0. The minimum Gasteiger partial charge on any atom is -0.481 e. The van der Waals surface area contributed by atoms with Gasteiger partial charge in [0.15, 0.2) is 0 Å². The first-order valence-electron chi connectivity index (χ1n) is 9.35. The predicted octanol–water partition coefficient (Wildman–Crippen LogP) is 3.15. The number of nitrogens with zero attached hydrogens (tertiary/aromatic N) is 2. The Labute approximate surface area is 172 Å². The van der Waals surface area contributed by atoms with Crippen LogP contribution < -0.4 is 10.9 Å². The van der Waals surface area contributed by atoms with Crippen LogP contribution in [-0.4, -0.2) is 33.3 Å². The van der Waals surface area contributed by atoms with Crippen LogP contribution in [0.3, 0.4) is 0 Å². The number of aliphatic carboxylic acids is 1. The molecule has 1 amide bonds. The predicted molar refractivity (Wildman–Crippen MR) is 111 cm³/mol. The Morgan fingerprint density at radius 1 is 1.13 bits per heavy atom. The van der Waals surface area contributed by atoms with Crippen molar-refractivity contribution in [2.75, 3.05) is 11.9 Å². The zero-order valence-electron chi connectivity index (χ0n) is 16.4. The van der Waals surface area contributed by atoms with Gasteiger partial charge in [-0.25, -0.2) is 9.78 Å². The van der Waals surface area contributed by atoms with E-state index >= 15 is 0 Å². The fourth-order valence-electron chi connectivity index (χ4n) is 2.96. The summed E-state index contributed by atoms with van der Waals surface area (Å²) in [7, 11) is 0. The number of benzene rings is 2. The van der Waals surface area contributed by atoms with Crippen molar-refractivity contribution >= 4 is 17.7 Å². The second kappa shape index (κ2) is 9.51. The van der Waals surface area contributed by atoms with E-state index in [2.05, 4.69) is 10.3 Å². The Morgan fingerprint density at radius 3 is 2.67 bits per heavy atom. The molecule has 0 bridgehead atoms. The Hall–Kier alpha value is -3.94. The number of anilines is 1. The summed E-state index contributed by atoms with van der Waals surface area (Å²) in [5.74, 6) is -0.915. The maximum Gasteiger partial charge on any atom is 0.411 e. The van der Waals surface area contributed by atoms with Crippen molar-refractivity contribution in [3.05, 3.63) is 82.4 Å². The van der Waals surface area contributed by atoms with E-state index in [0.29, 0.717) is 16.9 Å². The lowest BCUT2D eigenvalue weighted by atomic mass is 10.1. The molecule has 30 heavy (non-hydrogen) atoms. The standard InChI is InChI=1S/C22H21N3O5/c1-2-30-22(29)24-18-8-4-6-16(10-18)13-25-14-19(23-12-20(25)26)17-7-3-5-15(9-17)11-21(27)28/h3-10,12,14H,2,11,13H2,1H3,(H,24,29)(H,27,28). The Bertz CT molecular complexity index is 1120. The quantitative estimate of drug-likeness (QED) is 0.622. The molecule has 154 valence electrons. The topological polar surface area (TPSA) is 111 Å². The summed E-state index contributed by atoms with van der Waals surface area (Å²) < 4.78 is 6.38. The number of ether oxygens (including phenoxy) is 1. The molecule has 2 N–H and O–H groups in total. The molecule has 3 rings (SSSR count). The lowest BCUT2D eigenvalue weighted by molar-refractivity contribution is -0.136. The molecule has 0 unspecified atom stereocenters. The number of aromatic nitrogens is 2. The van der Waals surface area contributed by atoms with Gasteiger partial charge in [0, 0.05) is 17.4 Å². The summed E-state index contributed by atoms with van der Waals surface area (Å²) in [4.78, 5) is 39.0. The Balaban J connectivity index is 1.84. The number of carboxylic acid groups (broad SMARTS) is 1. The Kier molecular flexibility index (Phi) is 6.59. The van der Waals surface area contributed by atoms with Gasteiger partial charge in [-0.05, 0) is 36.2 Å². The van der Waals surface area contributed by atoms with E-state index in [1.54, 1.807) is 49.5 Å². The molecule has 2 aromatic carbocycles. The van der Waals surface area contributed by atoms with Gasteiger partial charge in [0.1, 0.15) is 0 Å². The van der Waals surface area contributed by atoms with Crippen LogP contribution in [0.5, 0.6) is 0 Å². The highest BCUT2D eigenvalue weighted by Crippen LogP contribution is 2.18. The molecule has 8 nitrogen and oxygen atoms in total. The van der Waals surface area contributed by atoms with Crippen molar-refractivity contribution in [1.29, 1.82) is 0 Å². The van der Waals surface area contributed by atoms with Gasteiger partial charge in [-0.15, -0.1) is 0 Å². The van der Waals surface area contributed by atoms with Gasteiger partial charge in [-0.1, -0.05) is 30.3 Å². The summed E-state index contributed by atoms with van der Waals surface area (Å²) in [6, 6.07) is 14.2. The molecule has 0 fully saturated rings. The van der Waals surface area contributed by atoms with E-state index in [-0.39, 0.29) is 25.1 Å². The average molecular weight is 407 g/mol. The largest absolute Gasteiger partial charge is 0.481 e. The zero-order chi connectivity index (χ0) is 21.5. The van der Waals surface area contributed by atoms with Crippen LogP contribution in [-0.2, 0) is 22.5 Å². The van der Waals surface area contributed by atoms with Crippen LogP contribution >= 0.6 is 0 Å². The molecule has 0 atom stereocenters. The molecule has 8 heteroatoms. The molecule has 0 saturated heterocycles. The van der Waals surface area contributed by atoms with Gasteiger partial charge in [0.25, 0.3) is 5.56 Å². The number of hydrogen-bond donors (Lipinski definition) is 2. The molecular formula is C22H21N3O5. The van der Waals surface area contributed by atoms with E-state index < -0.39 is 12.1 Å². The Morgan fingerprint density at radius 2 is 1.90 bits per heavy atom. The number of carbonyl (C=O) groups is 2. The summed E-state index contributed by atoms with van der Waals surface area (Å²) in [6.07, 6.45) is 2.24. The van der Waals surface area contributed by atoms with Gasteiger partial charge in [0.2, 0.25) is 0 Å². The van der Waals surface area contributed by atoms with Crippen LogP contribution in [0.15, 0.2) is 65.7 Å². The number of rotatable bonds is 7. The molecule has 0 radical (unpaired) electrons. The van der Waals surface area contributed by atoms with Crippen molar-refractivity contribution in [3.8, 4) is 11.3 Å². The highest BCUT2D eigenvalue weighted by atomic mass is 16.5. The summed E-state index contributed by atoms with van der Waals surface area (Å²) in [5, 5.41) is 11.6. The number of nitrogens with one attached hydrogen (secondary N) is 1. The monoisotopic (exact) mass is 407 g/mol. The fourth-order valence-corrected chi connectivity index (χ4v) is 2.96. The van der Waals surface area contributed by atoms with E-state index in [9.17, 15) is 14.4 Å². The van der Waals surface area contributed by atoms with Crippen molar-refractivity contribution in [2.45, 2.75) is 19.9 Å². The van der Waals surface area contributed by atoms with E-state index in [0.717, 1.165) is 11.1 Å². The summed E-state index contributed by atoms with van der Waals surface area (Å²) in [5.41, 5.74) is 3.03. The van der Waals surface area contributed by atoms with Gasteiger partial charge < -0.3 is 14.4 Å². The molecule has 0 spiro atoms. The maximum atomic E-state index is 12.3. The molecule has 0 aliphatic carbocycles. The molecule has 1 aromatic heterocycles. The molecular weight excluding hydrogens is 386 g/mol. The number of amides is 1. The SMILES string of the molecule is CCOC(=O)Nc1cccc(Cn2cc(-c3cccc(CC(=O)O)c3)ncc2=O)c1. The molecule has 0 aliphatic rings. The summed E-state index contributed by atoms with van der Waals surface area (Å²) in [6.45, 7) is 2.27. The van der Waals surface area contributed by atoms with Gasteiger partial charge >= 0.3 is 12.1 Å². The van der Waals surface area contributed by atoms with Crippen molar-refractivity contribution in [2.24, 2.45) is 0 Å². The van der Waals surface area contributed by atoms with Gasteiger partial charge in [-0.3, -0.25) is 14.9 Å². The molecule has 0 saturated carbocycles. The van der Waals surface area contributed by atoms with Crippen LogP contribution in [0.25, 0.3) is 11.3 Å². The minimum atomic E-state index is -0.915. The molecule has 1 heterocycles. The van der Waals surface area contributed by atoms with Crippen LogP contribution in [0.2, 0.25) is 0 Å². The normalized spacial score (nSPS) is 10.4. The average Bonchev–Trinajstić information content (AvgIpc) is 2.70. The number of carbonyl (C=O) groups excluding carboxylic acids is 1. The van der Waals surface area contributed by atoms with E-state index in [4.69, 9.17) is 9.84 Å². The second-order valence-electron chi connectivity index (χ2n) is 6.56. The third-order valence-electron chi connectivity index (χ3n) is 4.26. The van der Waals surface area contributed by atoms with Crippen LogP contribution in [0.1, 0.15) is 18.1 Å². The van der Waals surface area contributed by atoms with Crippen LogP contribution in [0, 0.1) is 0 Å². The third-order valence-corrected chi connectivity index (χ3v) is 4.26. The first-order chi connectivity index (χ1) is 14.4. The lowest BCUT2D eigenvalue weighted by Gasteiger charge is -2.10. The van der Waals surface area contributed by atoms with Crippen molar-refractivity contribution in [1.82, 2.24) is 9.55 Å².